The molecule has 1 heterocycles. The van der Waals surface area contributed by atoms with E-state index < -0.39 is 12.6 Å². The van der Waals surface area contributed by atoms with E-state index in [0.717, 1.165) is 24.6 Å². The maximum absolute atomic E-state index is 11.8. The summed E-state index contributed by atoms with van der Waals surface area (Å²) in [5, 5.41) is 0.155. The largest absolute Gasteiger partial charge is 1.00 e. The van der Waals surface area contributed by atoms with Gasteiger partial charge in [-0.3, -0.25) is 0 Å². The molecule has 1 saturated heterocycles. The molecule has 0 spiro atoms. The van der Waals surface area contributed by atoms with E-state index >= 15 is 0 Å². The van der Waals surface area contributed by atoms with E-state index in [1.54, 1.807) is 0 Å². The predicted octanol–water partition coefficient (Wildman–Crippen LogP) is -0.711. The Bertz CT molecular complexity index is 140. The Labute approximate surface area is 123 Å². The molecular formula is C6H11BF3KOS. The van der Waals surface area contributed by atoms with Gasteiger partial charge in [-0.05, 0) is 18.5 Å². The summed E-state index contributed by atoms with van der Waals surface area (Å²) in [6.45, 7) is -3.38. The molecule has 1 aliphatic rings. The number of ether oxygens (including phenoxy) is 1. The zero-order valence-corrected chi connectivity index (χ0v) is 11.6. The van der Waals surface area contributed by atoms with E-state index in [9.17, 15) is 12.9 Å². The fourth-order valence-electron chi connectivity index (χ4n) is 1.09. The fraction of sp³-hybridized carbons (Fsp3) is 1.00. The van der Waals surface area contributed by atoms with Crippen LogP contribution in [0.25, 0.3) is 0 Å². The van der Waals surface area contributed by atoms with Crippen molar-refractivity contribution in [1.29, 1.82) is 0 Å². The van der Waals surface area contributed by atoms with Crippen LogP contribution in [0.15, 0.2) is 0 Å². The first-order chi connectivity index (χ1) is 5.58. The molecule has 0 unspecified atom stereocenters. The fourth-order valence-corrected chi connectivity index (χ4v) is 2.10. The average Bonchev–Trinajstić information content (AvgIpc) is 2.02. The van der Waals surface area contributed by atoms with Gasteiger partial charge in [-0.2, -0.15) is 11.8 Å². The van der Waals surface area contributed by atoms with E-state index in [1.807, 2.05) is 0 Å². The average molecular weight is 238 g/mol. The Hall–Kier alpha value is 1.80. The van der Waals surface area contributed by atoms with Crippen LogP contribution < -0.4 is 51.4 Å². The second kappa shape index (κ2) is 7.14. The van der Waals surface area contributed by atoms with Crippen LogP contribution in [-0.4, -0.2) is 31.1 Å². The van der Waals surface area contributed by atoms with E-state index in [-0.39, 0.29) is 56.6 Å². The van der Waals surface area contributed by atoms with Gasteiger partial charge in [-0.15, -0.1) is 0 Å². The molecule has 0 aliphatic carbocycles. The molecule has 7 heteroatoms. The van der Waals surface area contributed by atoms with Crippen LogP contribution in [0.3, 0.4) is 0 Å². The summed E-state index contributed by atoms with van der Waals surface area (Å²) in [5.74, 6) is 0. The second-order valence-corrected chi connectivity index (χ2v) is 4.19. The van der Waals surface area contributed by atoms with Gasteiger partial charge in [-0.25, -0.2) is 0 Å². The number of halogens is 3. The summed E-state index contributed by atoms with van der Waals surface area (Å²) >= 11 is 1.03. The molecule has 0 radical (unpaired) electrons. The van der Waals surface area contributed by atoms with E-state index in [4.69, 9.17) is 4.74 Å². The monoisotopic (exact) mass is 238 g/mol. The summed E-state index contributed by atoms with van der Waals surface area (Å²) in [6.07, 6.45) is 1.52. The van der Waals surface area contributed by atoms with Gasteiger partial charge >= 0.3 is 58.4 Å². The minimum absolute atomic E-state index is 0. The standard InChI is InChI=1S/C6H11BF3OS.K/c8-7(9,10)5-12-6-1-3-11-4-2-6;/h6H,1-5H2;/q-1;+1. The quantitative estimate of drug-likeness (QED) is 0.601. The van der Waals surface area contributed by atoms with Gasteiger partial charge in [0.2, 0.25) is 0 Å². The summed E-state index contributed by atoms with van der Waals surface area (Å²) in [6, 6.07) is 0. The van der Waals surface area contributed by atoms with Gasteiger partial charge in [0, 0.05) is 18.5 Å². The van der Waals surface area contributed by atoms with Crippen LogP contribution >= 0.6 is 11.8 Å². The number of hydrogen-bond donors (Lipinski definition) is 0. The van der Waals surface area contributed by atoms with Gasteiger partial charge < -0.3 is 17.7 Å². The Morgan fingerprint density at radius 2 is 1.77 bits per heavy atom. The van der Waals surface area contributed by atoms with Crippen LogP contribution in [0.1, 0.15) is 12.8 Å². The van der Waals surface area contributed by atoms with Crippen molar-refractivity contribution < 1.29 is 69.1 Å². The first-order valence-electron chi connectivity index (χ1n) is 3.98. The first kappa shape index (κ1) is 14.8. The summed E-state index contributed by atoms with van der Waals surface area (Å²) in [7, 11) is 0. The number of thioether (sulfide) groups is 1. The maximum Gasteiger partial charge on any atom is 1.00 e. The zero-order chi connectivity index (χ0) is 9.03. The van der Waals surface area contributed by atoms with Crippen molar-refractivity contribution in [3.8, 4) is 0 Å². The molecule has 1 aliphatic heterocycles. The van der Waals surface area contributed by atoms with Crippen molar-refractivity contribution in [3.63, 3.8) is 0 Å². The van der Waals surface area contributed by atoms with E-state index in [0.29, 0.717) is 13.2 Å². The van der Waals surface area contributed by atoms with Gasteiger partial charge in [0.05, 0.1) is 0 Å². The van der Waals surface area contributed by atoms with Crippen LogP contribution in [0, 0.1) is 0 Å². The maximum atomic E-state index is 11.8. The molecule has 13 heavy (non-hydrogen) atoms. The molecule has 0 atom stereocenters. The number of hydrogen-bond acceptors (Lipinski definition) is 2. The summed E-state index contributed by atoms with van der Waals surface area (Å²) < 4.78 is 40.5. The van der Waals surface area contributed by atoms with Crippen LogP contribution in [-0.2, 0) is 4.74 Å². The summed E-state index contributed by atoms with van der Waals surface area (Å²) in [5.41, 5.74) is -0.662. The third-order valence-electron chi connectivity index (χ3n) is 1.69. The predicted molar refractivity (Wildman–Crippen MR) is 45.4 cm³/mol. The SMILES string of the molecule is F[B-](F)(F)CSC1CCOCC1.[K+]. The molecule has 0 bridgehead atoms. The Kier molecular flexibility index (Phi) is 8.13. The third-order valence-corrected chi connectivity index (χ3v) is 3.20. The minimum atomic E-state index is -4.61. The van der Waals surface area contributed by atoms with Crippen molar-refractivity contribution in [2.45, 2.75) is 18.1 Å². The number of rotatable bonds is 3. The topological polar surface area (TPSA) is 9.23 Å². The van der Waals surface area contributed by atoms with Crippen molar-refractivity contribution in [2.75, 3.05) is 18.9 Å². The smallest absolute Gasteiger partial charge is 0.448 e. The Morgan fingerprint density at radius 1 is 1.23 bits per heavy atom. The third kappa shape index (κ3) is 7.70. The second-order valence-electron chi connectivity index (χ2n) is 2.86. The molecule has 1 fully saturated rings. The van der Waals surface area contributed by atoms with Crippen molar-refractivity contribution >= 4 is 18.7 Å². The van der Waals surface area contributed by atoms with Crippen molar-refractivity contribution in [2.24, 2.45) is 0 Å². The van der Waals surface area contributed by atoms with Crippen molar-refractivity contribution in [1.82, 2.24) is 0 Å². The van der Waals surface area contributed by atoms with Gasteiger partial charge in [0.1, 0.15) is 0 Å². The van der Waals surface area contributed by atoms with Gasteiger partial charge in [0.15, 0.2) is 0 Å². The van der Waals surface area contributed by atoms with Gasteiger partial charge in [-0.1, -0.05) is 0 Å². The molecule has 0 aromatic rings. The van der Waals surface area contributed by atoms with Crippen LogP contribution in [0.2, 0.25) is 0 Å². The normalized spacial score (nSPS) is 19.6. The van der Waals surface area contributed by atoms with Crippen molar-refractivity contribution in [3.05, 3.63) is 0 Å². The van der Waals surface area contributed by atoms with E-state index in [1.165, 1.54) is 0 Å². The molecule has 0 N–H and O–H groups in total. The molecule has 1 rings (SSSR count). The first-order valence-corrected chi connectivity index (χ1v) is 5.03. The van der Waals surface area contributed by atoms with Crippen LogP contribution in [0.5, 0.6) is 0 Å². The molecule has 0 amide bonds. The Balaban J connectivity index is 0.00000144. The molecule has 0 aromatic heterocycles. The minimum Gasteiger partial charge on any atom is -0.448 e. The van der Waals surface area contributed by atoms with E-state index in [2.05, 4.69) is 0 Å². The summed E-state index contributed by atoms with van der Waals surface area (Å²) in [4.78, 5) is 0. The molecule has 72 valence electrons. The zero-order valence-electron chi connectivity index (χ0n) is 7.64. The Morgan fingerprint density at radius 3 is 2.23 bits per heavy atom. The molecule has 0 aromatic carbocycles. The molecular weight excluding hydrogens is 227 g/mol. The van der Waals surface area contributed by atoms with Gasteiger partial charge in [0.25, 0.3) is 0 Å². The molecule has 0 saturated carbocycles. The molecule has 1 nitrogen and oxygen atoms in total. The van der Waals surface area contributed by atoms with Crippen LogP contribution in [0.4, 0.5) is 12.9 Å².